The van der Waals surface area contributed by atoms with Crippen LogP contribution in [0.25, 0.3) is 0 Å². The van der Waals surface area contributed by atoms with E-state index in [1.54, 1.807) is 24.1 Å². The molecule has 1 unspecified atom stereocenters. The number of amidine groups is 1. The zero-order valence-electron chi connectivity index (χ0n) is 21.8. The molecule has 39 heavy (non-hydrogen) atoms. The normalized spacial score (nSPS) is 17.0. The van der Waals surface area contributed by atoms with Crippen molar-refractivity contribution < 1.29 is 22.0 Å². The molecule has 3 aromatic rings. The van der Waals surface area contributed by atoms with Crippen molar-refractivity contribution in [2.75, 3.05) is 43.2 Å². The van der Waals surface area contributed by atoms with Gasteiger partial charge in [-0.25, -0.2) is 13.1 Å². The molecule has 0 bridgehead atoms. The zero-order valence-corrected chi connectivity index (χ0v) is 22.6. The fourth-order valence-electron chi connectivity index (χ4n) is 4.76. The van der Waals surface area contributed by atoms with Gasteiger partial charge in [0.2, 0.25) is 0 Å². The molecule has 0 radical (unpaired) electrons. The van der Waals surface area contributed by atoms with E-state index in [0.29, 0.717) is 11.6 Å². The molecule has 0 aromatic heterocycles. The van der Waals surface area contributed by atoms with Crippen LogP contribution >= 0.6 is 11.9 Å². The molecular weight excluding hydrogens is 533 g/mol. The van der Waals surface area contributed by atoms with E-state index >= 15 is 0 Å². The molecule has 208 valence electrons. The molecule has 0 aliphatic carbocycles. The fourth-order valence-corrected chi connectivity index (χ4v) is 5.34. The van der Waals surface area contributed by atoms with Gasteiger partial charge < -0.3 is 16.0 Å². The largest absolute Gasteiger partial charge is 0.419 e. The molecule has 1 fully saturated rings. The third-order valence-electron chi connectivity index (χ3n) is 6.86. The Morgan fingerprint density at radius 1 is 1.05 bits per heavy atom. The third kappa shape index (κ3) is 6.30. The molecule has 0 amide bonds. The fraction of sp³-hybridized carbons (Fsp3) is 0.321. The highest BCUT2D eigenvalue weighted by molar-refractivity contribution is 7.96. The molecule has 0 saturated carbocycles. The van der Waals surface area contributed by atoms with Gasteiger partial charge in [-0.3, -0.25) is 4.99 Å². The van der Waals surface area contributed by atoms with Crippen LogP contribution in [0, 0.1) is 18.6 Å². The summed E-state index contributed by atoms with van der Waals surface area (Å²) in [5, 5.41) is 2.70. The predicted molar refractivity (Wildman–Crippen MR) is 149 cm³/mol. The molecule has 1 saturated heterocycles. The van der Waals surface area contributed by atoms with E-state index in [9.17, 15) is 22.0 Å². The Hall–Kier alpha value is -3.31. The van der Waals surface area contributed by atoms with Gasteiger partial charge >= 0.3 is 6.18 Å². The van der Waals surface area contributed by atoms with Gasteiger partial charge in [0.05, 0.1) is 11.3 Å². The van der Waals surface area contributed by atoms with Gasteiger partial charge in [-0.05, 0) is 49.4 Å². The average Bonchev–Trinajstić information content (AvgIpc) is 2.93. The minimum atomic E-state index is -4.98. The Morgan fingerprint density at radius 3 is 2.41 bits per heavy atom. The van der Waals surface area contributed by atoms with Crippen LogP contribution in [0.15, 0.2) is 59.6 Å². The van der Waals surface area contributed by atoms with E-state index in [1.807, 2.05) is 30.5 Å². The van der Waals surface area contributed by atoms with Gasteiger partial charge in [0.15, 0.2) is 5.82 Å². The Kier molecular flexibility index (Phi) is 8.70. The SMILES string of the molecule is CN=C(N)c1cc(N2CCN(SC)CC2Cc2ccccc2)ccc1Nc1cc(C(F)(F)F)c(F)c(C)c1F. The number of anilines is 3. The van der Waals surface area contributed by atoms with Crippen molar-refractivity contribution in [2.24, 2.45) is 10.7 Å². The Morgan fingerprint density at radius 2 is 1.77 bits per heavy atom. The molecule has 11 heteroatoms. The predicted octanol–water partition coefficient (Wildman–Crippen LogP) is 6.38. The van der Waals surface area contributed by atoms with E-state index in [1.165, 1.54) is 12.6 Å². The summed E-state index contributed by atoms with van der Waals surface area (Å²) in [4.78, 5) is 6.34. The van der Waals surface area contributed by atoms with Crippen molar-refractivity contribution in [3.8, 4) is 0 Å². The van der Waals surface area contributed by atoms with Crippen LogP contribution in [0.3, 0.4) is 0 Å². The van der Waals surface area contributed by atoms with Crippen molar-refractivity contribution in [1.29, 1.82) is 0 Å². The summed E-state index contributed by atoms with van der Waals surface area (Å²) in [7, 11) is 1.49. The van der Waals surface area contributed by atoms with Gasteiger partial charge in [0, 0.05) is 55.2 Å². The second kappa shape index (κ2) is 11.8. The highest BCUT2D eigenvalue weighted by atomic mass is 32.2. The molecule has 1 heterocycles. The Labute approximate surface area is 229 Å². The number of nitrogens with one attached hydrogen (secondary N) is 1. The van der Waals surface area contributed by atoms with E-state index in [0.717, 1.165) is 38.7 Å². The molecule has 3 aromatic carbocycles. The highest BCUT2D eigenvalue weighted by Gasteiger charge is 2.36. The second-order valence-corrected chi connectivity index (χ2v) is 10.2. The zero-order chi connectivity index (χ0) is 28.3. The molecule has 0 spiro atoms. The number of nitrogens with zero attached hydrogens (tertiary/aromatic N) is 3. The number of hydrogen-bond acceptors (Lipinski definition) is 5. The first-order valence-corrected chi connectivity index (χ1v) is 13.5. The van der Waals surface area contributed by atoms with Gasteiger partial charge in [-0.15, -0.1) is 0 Å². The van der Waals surface area contributed by atoms with Crippen molar-refractivity contribution in [2.45, 2.75) is 25.6 Å². The second-order valence-electron chi connectivity index (χ2n) is 9.29. The summed E-state index contributed by atoms with van der Waals surface area (Å²) >= 11 is 1.69. The van der Waals surface area contributed by atoms with Gasteiger partial charge in [-0.1, -0.05) is 42.3 Å². The highest BCUT2D eigenvalue weighted by Crippen LogP contribution is 2.38. The number of halogens is 5. The summed E-state index contributed by atoms with van der Waals surface area (Å²) < 4.78 is 71.6. The summed E-state index contributed by atoms with van der Waals surface area (Å²) in [6, 6.07) is 16.0. The lowest BCUT2D eigenvalue weighted by molar-refractivity contribution is -0.140. The summed E-state index contributed by atoms with van der Waals surface area (Å²) in [6.45, 7) is 3.37. The van der Waals surface area contributed by atoms with Crippen LogP contribution in [0.2, 0.25) is 0 Å². The molecule has 1 aliphatic rings. The maximum Gasteiger partial charge on any atom is 0.419 e. The first-order valence-electron chi connectivity index (χ1n) is 12.3. The van der Waals surface area contributed by atoms with Crippen molar-refractivity contribution >= 4 is 34.8 Å². The summed E-state index contributed by atoms with van der Waals surface area (Å²) in [5.74, 6) is -2.62. The topological polar surface area (TPSA) is 56.9 Å². The van der Waals surface area contributed by atoms with Crippen LogP contribution in [-0.4, -0.2) is 49.1 Å². The van der Waals surface area contributed by atoms with Gasteiger partial charge in [-0.2, -0.15) is 13.2 Å². The quantitative estimate of drug-likeness (QED) is 0.151. The van der Waals surface area contributed by atoms with Gasteiger partial charge in [0.25, 0.3) is 0 Å². The number of nitrogens with two attached hydrogens (primary N) is 1. The molecular formula is C28H30F5N5S. The number of rotatable bonds is 7. The summed E-state index contributed by atoms with van der Waals surface area (Å²) in [5.41, 5.74) is 6.12. The number of alkyl halides is 3. The van der Waals surface area contributed by atoms with Crippen molar-refractivity contribution in [1.82, 2.24) is 4.31 Å². The molecule has 1 atom stereocenters. The van der Waals surface area contributed by atoms with Crippen LogP contribution in [0.1, 0.15) is 22.3 Å². The number of benzene rings is 3. The summed E-state index contributed by atoms with van der Waals surface area (Å²) in [6.07, 6.45) is -2.13. The first-order chi connectivity index (χ1) is 18.5. The lowest BCUT2D eigenvalue weighted by Crippen LogP contribution is -2.52. The third-order valence-corrected chi connectivity index (χ3v) is 7.71. The minimum absolute atomic E-state index is 0.122. The van der Waals surface area contributed by atoms with Crippen LogP contribution in [-0.2, 0) is 12.6 Å². The van der Waals surface area contributed by atoms with E-state index in [4.69, 9.17) is 5.73 Å². The van der Waals surface area contributed by atoms with Gasteiger partial charge in [0.1, 0.15) is 11.7 Å². The molecule has 4 rings (SSSR count). The number of piperazine rings is 1. The average molecular weight is 564 g/mol. The van der Waals surface area contributed by atoms with Crippen LogP contribution in [0.5, 0.6) is 0 Å². The smallest absolute Gasteiger partial charge is 0.383 e. The van der Waals surface area contributed by atoms with E-state index in [-0.39, 0.29) is 17.6 Å². The molecule has 5 nitrogen and oxygen atoms in total. The first kappa shape index (κ1) is 28.7. The van der Waals surface area contributed by atoms with E-state index < -0.39 is 34.6 Å². The van der Waals surface area contributed by atoms with E-state index in [2.05, 4.69) is 31.6 Å². The Bertz CT molecular complexity index is 1350. The number of hydrogen-bond donors (Lipinski definition) is 2. The maximum atomic E-state index is 14.9. The minimum Gasteiger partial charge on any atom is -0.383 e. The number of aliphatic imine (C=N–C) groups is 1. The maximum absolute atomic E-state index is 14.9. The van der Waals surface area contributed by atoms with Crippen LogP contribution < -0.4 is 16.0 Å². The van der Waals surface area contributed by atoms with Crippen molar-refractivity contribution in [3.05, 3.63) is 88.5 Å². The van der Waals surface area contributed by atoms with Crippen LogP contribution in [0.4, 0.5) is 39.0 Å². The lowest BCUT2D eigenvalue weighted by atomic mass is 10.0. The Balaban J connectivity index is 1.72. The monoisotopic (exact) mass is 563 g/mol. The van der Waals surface area contributed by atoms with Crippen molar-refractivity contribution in [3.63, 3.8) is 0 Å². The standard InChI is InChI=1S/C28H30F5N5S/c1-17-25(29)22(28(31,32)33)15-24(26(17)30)36-23-10-9-19(14-21(23)27(34)35-2)38-12-11-37(39-3)16-20(38)13-18-7-5-4-6-8-18/h4-10,14-15,20,36H,11-13,16H2,1-3H3,(H2,34,35). The molecule has 1 aliphatic heterocycles. The lowest BCUT2D eigenvalue weighted by Gasteiger charge is -2.42. The molecule has 3 N–H and O–H groups in total.